The molecule has 1 aliphatic rings. The van der Waals surface area contributed by atoms with E-state index in [1.807, 2.05) is 44.2 Å². The highest BCUT2D eigenvalue weighted by Crippen LogP contribution is 2.26. The Labute approximate surface area is 376 Å². The minimum atomic E-state index is -0.381. The van der Waals surface area contributed by atoms with Crippen LogP contribution in [0.4, 0.5) is 0 Å². The summed E-state index contributed by atoms with van der Waals surface area (Å²) in [5.74, 6) is -0.231. The van der Waals surface area contributed by atoms with Crippen molar-refractivity contribution in [3.05, 3.63) is 96.0 Å². The first-order valence-electron chi connectivity index (χ1n) is 20.8. The number of hydrogen-bond donors (Lipinski definition) is 1. The maximum atomic E-state index is 13.3. The molecule has 0 atom stereocenters. The highest BCUT2D eigenvalue weighted by atomic mass is 35.5. The zero-order valence-electron chi connectivity index (χ0n) is 39.1. The van der Waals surface area contributed by atoms with Gasteiger partial charge >= 0.3 is 5.97 Å². The topological polar surface area (TPSA) is 145 Å². The maximum Gasteiger partial charge on any atom is 0.325 e. The Morgan fingerprint density at radius 1 is 0.919 bits per heavy atom. The van der Waals surface area contributed by atoms with Crippen molar-refractivity contribution < 1.29 is 42.5 Å². The number of esters is 1. The van der Waals surface area contributed by atoms with Gasteiger partial charge in [-0.25, -0.2) is 5.43 Å². The number of hydrogen-bond acceptors (Lipinski definition) is 12. The standard InChI is InChI=1S/C37H50N4O9.C5H13N.C4H8.CH3Cl/c1-7-29(32(8-2)50-36(43)26-40(4)5)10-9-28-13-15-41(25-28)37(44)34-24-31-23-30(11-12-33(31)49-34)27(3)38-39-35(42)14-16-46-19-20-48-22-21-47-18-17-45-6;1-4-5-6(2)3;1-3-4-2;1-2/h7-9,11-12,23-24H,1-2,10,13-22,25-26H2,3-6H3,(H,39,42);4-5H2,1-3H3;3-4H,1-2H3;1H3/b28-9-,32-29+,38-27+;;4-3-;. The molecule has 0 bridgehead atoms. The molecule has 2 aromatic rings. The summed E-state index contributed by atoms with van der Waals surface area (Å²) in [5.41, 5.74) is 6.34. The number of furan rings is 1. The summed E-state index contributed by atoms with van der Waals surface area (Å²) in [6.45, 7) is 21.1. The number of alkyl halides is 1. The number of hydrazone groups is 1. The van der Waals surface area contributed by atoms with Crippen LogP contribution in [0.15, 0.2) is 94.2 Å². The van der Waals surface area contributed by atoms with E-state index in [0.717, 1.165) is 28.5 Å². The lowest BCUT2D eigenvalue weighted by atomic mass is 10.1. The molecule has 1 aromatic carbocycles. The number of carbonyl (C=O) groups is 3. The van der Waals surface area contributed by atoms with Gasteiger partial charge in [0.25, 0.3) is 5.91 Å². The molecule has 0 saturated carbocycles. The first-order valence-corrected chi connectivity index (χ1v) is 21.6. The number of methoxy groups -OCH3 is 1. The first-order chi connectivity index (χ1) is 29.8. The Kier molecular flexibility index (Phi) is 33.5. The fourth-order valence-corrected chi connectivity index (χ4v) is 5.30. The second-order valence-electron chi connectivity index (χ2n) is 14.2. The average Bonchev–Trinajstić information content (AvgIpc) is 3.92. The third-order valence-corrected chi connectivity index (χ3v) is 8.56. The Morgan fingerprint density at radius 3 is 2.08 bits per heavy atom. The molecular formula is C47H74ClN5O9. The molecule has 15 heteroatoms. The second-order valence-corrected chi connectivity index (χ2v) is 14.2. The molecule has 0 aliphatic carbocycles. The highest BCUT2D eigenvalue weighted by molar-refractivity contribution is 6.15. The van der Waals surface area contributed by atoms with Crippen molar-refractivity contribution in [2.75, 3.05) is 114 Å². The minimum Gasteiger partial charge on any atom is -0.451 e. The van der Waals surface area contributed by atoms with Gasteiger partial charge in [0.05, 0.1) is 64.9 Å². The first kappa shape index (κ1) is 57.6. The summed E-state index contributed by atoms with van der Waals surface area (Å²) >= 11 is 4.64. The molecule has 1 aliphatic heterocycles. The Balaban J connectivity index is 0.00000274. The molecule has 0 unspecified atom stereocenters. The van der Waals surface area contributed by atoms with Crippen molar-refractivity contribution in [1.82, 2.24) is 20.1 Å². The fourth-order valence-electron chi connectivity index (χ4n) is 5.30. The largest absolute Gasteiger partial charge is 0.451 e. The summed E-state index contributed by atoms with van der Waals surface area (Å²) in [6.07, 6.45) is 13.3. The number of likely N-dealkylation sites (tertiary alicyclic amines) is 1. The van der Waals surface area contributed by atoms with Crippen LogP contribution >= 0.6 is 11.6 Å². The summed E-state index contributed by atoms with van der Waals surface area (Å²) in [7, 11) is 9.37. The number of halogens is 1. The van der Waals surface area contributed by atoms with Crippen LogP contribution in [0, 0.1) is 0 Å². The Hall–Kier alpha value is -4.41. The predicted molar refractivity (Wildman–Crippen MR) is 252 cm³/mol. The van der Waals surface area contributed by atoms with Crippen LogP contribution in [0.1, 0.15) is 69.5 Å². The van der Waals surface area contributed by atoms with E-state index in [4.69, 9.17) is 28.1 Å². The van der Waals surface area contributed by atoms with Crippen molar-refractivity contribution in [3.63, 3.8) is 0 Å². The van der Waals surface area contributed by atoms with Crippen molar-refractivity contribution in [1.29, 1.82) is 0 Å². The number of allylic oxidation sites excluding steroid dienone is 6. The van der Waals surface area contributed by atoms with Gasteiger partial charge in [-0.2, -0.15) is 5.10 Å². The van der Waals surface area contributed by atoms with E-state index in [2.05, 4.69) is 61.2 Å². The van der Waals surface area contributed by atoms with Crippen LogP contribution in [-0.4, -0.2) is 152 Å². The number of rotatable bonds is 24. The van der Waals surface area contributed by atoms with Crippen LogP contribution in [0.5, 0.6) is 0 Å². The van der Waals surface area contributed by atoms with Gasteiger partial charge in [-0.15, -0.1) is 11.6 Å². The summed E-state index contributed by atoms with van der Waals surface area (Å²) in [5, 5.41) is 4.97. The molecule has 348 valence electrons. The van der Waals surface area contributed by atoms with Gasteiger partial charge in [0.15, 0.2) is 5.76 Å². The minimum absolute atomic E-state index is 0.150. The Bertz CT molecular complexity index is 1730. The monoisotopic (exact) mass is 888 g/mol. The summed E-state index contributed by atoms with van der Waals surface area (Å²) in [4.78, 5) is 43.4. The van der Waals surface area contributed by atoms with Gasteiger partial charge < -0.3 is 37.9 Å². The second kappa shape index (κ2) is 36.1. The maximum absolute atomic E-state index is 13.3. The number of nitrogens with one attached hydrogen (secondary N) is 1. The number of amides is 2. The molecule has 0 spiro atoms. The van der Waals surface area contributed by atoms with Gasteiger partial charge in [0.2, 0.25) is 5.91 Å². The van der Waals surface area contributed by atoms with E-state index in [1.165, 1.54) is 25.4 Å². The van der Waals surface area contributed by atoms with Gasteiger partial charge in [0.1, 0.15) is 11.3 Å². The summed E-state index contributed by atoms with van der Waals surface area (Å²) < 4.78 is 32.4. The number of fused-ring (bicyclic) bond motifs is 1. The van der Waals surface area contributed by atoms with E-state index in [0.29, 0.717) is 76.2 Å². The van der Waals surface area contributed by atoms with Crippen LogP contribution < -0.4 is 5.43 Å². The lowest BCUT2D eigenvalue weighted by molar-refractivity contribution is -0.139. The smallest absolute Gasteiger partial charge is 0.325 e. The normalized spacial score (nSPS) is 13.5. The van der Waals surface area contributed by atoms with Gasteiger partial charge in [-0.05, 0) is 116 Å². The number of carbonyl (C=O) groups excluding carboxylic acids is 3. The fraction of sp³-hybridized carbons (Fsp3) is 0.532. The quantitative estimate of drug-likeness (QED) is 0.0162. The van der Waals surface area contributed by atoms with Crippen molar-refractivity contribution >= 4 is 46.1 Å². The SMILES string of the molecule is C/C=C\C.C=C/C(C/C=C1/CCN(C(=O)c2cc3cc(/C(C)=N/NC(=O)CCOCCOCCOCCOC)ccc3o2)C1)=C(/C=C)OC(=O)CN(C)C.CCCN(C)C.CCl. The predicted octanol–water partition coefficient (Wildman–Crippen LogP) is 7.65. The van der Waals surface area contributed by atoms with E-state index in [1.54, 1.807) is 56.1 Å². The molecule has 0 radical (unpaired) electrons. The molecule has 1 aromatic heterocycles. The van der Waals surface area contributed by atoms with Crippen LogP contribution in [0.2, 0.25) is 0 Å². The number of benzene rings is 1. The van der Waals surface area contributed by atoms with E-state index < -0.39 is 0 Å². The zero-order chi connectivity index (χ0) is 46.7. The van der Waals surface area contributed by atoms with Crippen molar-refractivity contribution in [3.8, 4) is 0 Å². The zero-order valence-corrected chi connectivity index (χ0v) is 39.8. The molecule has 3 rings (SSSR count). The lowest BCUT2D eigenvalue weighted by Crippen LogP contribution is -2.27. The highest BCUT2D eigenvalue weighted by Gasteiger charge is 2.25. The lowest BCUT2D eigenvalue weighted by Gasteiger charge is -2.13. The number of ether oxygens (including phenoxy) is 5. The molecule has 2 amide bonds. The molecule has 62 heavy (non-hydrogen) atoms. The third kappa shape index (κ3) is 25.5. The number of likely N-dealkylation sites (N-methyl/N-ethyl adjacent to an activating group) is 1. The molecule has 1 N–H and O–H groups in total. The van der Waals surface area contributed by atoms with Crippen LogP contribution in [0.25, 0.3) is 11.0 Å². The third-order valence-electron chi connectivity index (χ3n) is 8.56. The van der Waals surface area contributed by atoms with Gasteiger partial charge in [-0.3, -0.25) is 19.3 Å². The average molecular weight is 889 g/mol. The number of nitrogens with zero attached hydrogens (tertiary/aromatic N) is 4. The Morgan fingerprint density at radius 2 is 1.55 bits per heavy atom. The van der Waals surface area contributed by atoms with Gasteiger partial charge in [-0.1, -0.05) is 50.0 Å². The van der Waals surface area contributed by atoms with E-state index in [9.17, 15) is 14.4 Å². The molecule has 1 saturated heterocycles. The molecule has 1 fully saturated rings. The van der Waals surface area contributed by atoms with E-state index >= 15 is 0 Å². The van der Waals surface area contributed by atoms with E-state index in [-0.39, 0.29) is 43.1 Å². The van der Waals surface area contributed by atoms with Crippen LogP contribution in [-0.2, 0) is 33.3 Å². The van der Waals surface area contributed by atoms with Crippen molar-refractivity contribution in [2.45, 2.75) is 53.4 Å². The molecule has 14 nitrogen and oxygen atoms in total. The summed E-state index contributed by atoms with van der Waals surface area (Å²) in [6, 6.07) is 7.20. The molecule has 2 heterocycles. The molecular weight excluding hydrogens is 814 g/mol. The van der Waals surface area contributed by atoms with Crippen molar-refractivity contribution in [2.24, 2.45) is 5.10 Å². The van der Waals surface area contributed by atoms with Crippen LogP contribution in [0.3, 0.4) is 0 Å². The van der Waals surface area contributed by atoms with Gasteiger partial charge in [0, 0.05) is 32.0 Å².